The average molecular weight is 240 g/mol. The Balaban J connectivity index is 2.34. The molecule has 0 bridgehead atoms. The first-order valence-corrected chi connectivity index (χ1v) is 5.79. The summed E-state index contributed by atoms with van der Waals surface area (Å²) in [7, 11) is 1.54. The molecule has 96 valence electrons. The van der Waals surface area contributed by atoms with E-state index in [0.717, 1.165) is 12.2 Å². The molecule has 1 N–H and O–H groups in total. The fourth-order valence-corrected chi connectivity index (χ4v) is 1.28. The van der Waals surface area contributed by atoms with Crippen LogP contribution in [0.25, 0.3) is 0 Å². The molecule has 0 saturated heterocycles. The van der Waals surface area contributed by atoms with Crippen LogP contribution in [0.1, 0.15) is 13.3 Å². The van der Waals surface area contributed by atoms with Crippen molar-refractivity contribution in [3.05, 3.63) is 24.3 Å². The van der Waals surface area contributed by atoms with Crippen LogP contribution in [0.3, 0.4) is 0 Å². The van der Waals surface area contributed by atoms with E-state index in [4.69, 9.17) is 14.2 Å². The summed E-state index contributed by atoms with van der Waals surface area (Å²) in [6, 6.07) is 7.36. The summed E-state index contributed by atoms with van der Waals surface area (Å²) >= 11 is 0. The SMILES string of the molecule is CCCOc1ccc(OCC(O)COC)cc1. The molecule has 4 heteroatoms. The molecule has 1 atom stereocenters. The van der Waals surface area contributed by atoms with Crippen LogP contribution in [0.2, 0.25) is 0 Å². The lowest BCUT2D eigenvalue weighted by atomic mass is 10.3. The van der Waals surface area contributed by atoms with Gasteiger partial charge in [-0.25, -0.2) is 0 Å². The fourth-order valence-electron chi connectivity index (χ4n) is 1.28. The summed E-state index contributed by atoms with van der Waals surface area (Å²) in [5.41, 5.74) is 0. The van der Waals surface area contributed by atoms with Crippen molar-refractivity contribution < 1.29 is 19.3 Å². The van der Waals surface area contributed by atoms with Crippen molar-refractivity contribution in [2.24, 2.45) is 0 Å². The Hall–Kier alpha value is -1.26. The molecule has 0 aromatic heterocycles. The Kier molecular flexibility index (Phi) is 6.43. The number of ether oxygens (including phenoxy) is 3. The first kappa shape index (κ1) is 13.8. The number of hydrogen-bond acceptors (Lipinski definition) is 4. The number of benzene rings is 1. The molecule has 0 aliphatic heterocycles. The summed E-state index contributed by atoms with van der Waals surface area (Å²) < 4.78 is 15.6. The van der Waals surface area contributed by atoms with E-state index in [1.54, 1.807) is 7.11 Å². The fraction of sp³-hybridized carbons (Fsp3) is 0.538. The highest BCUT2D eigenvalue weighted by Crippen LogP contribution is 2.17. The van der Waals surface area contributed by atoms with Gasteiger partial charge < -0.3 is 19.3 Å². The molecule has 0 aliphatic rings. The molecule has 1 aromatic carbocycles. The molecule has 0 aliphatic carbocycles. The van der Waals surface area contributed by atoms with Crippen molar-refractivity contribution in [3.8, 4) is 11.5 Å². The van der Waals surface area contributed by atoms with Crippen LogP contribution in [0.15, 0.2) is 24.3 Å². The Bertz CT molecular complexity index is 297. The van der Waals surface area contributed by atoms with Gasteiger partial charge in [0.15, 0.2) is 0 Å². The molecule has 4 nitrogen and oxygen atoms in total. The maximum atomic E-state index is 9.41. The maximum absolute atomic E-state index is 9.41. The van der Waals surface area contributed by atoms with Gasteiger partial charge >= 0.3 is 0 Å². The van der Waals surface area contributed by atoms with Gasteiger partial charge in [-0.2, -0.15) is 0 Å². The van der Waals surface area contributed by atoms with Crippen molar-refractivity contribution in [1.29, 1.82) is 0 Å². The van der Waals surface area contributed by atoms with Crippen LogP contribution >= 0.6 is 0 Å². The lowest BCUT2D eigenvalue weighted by molar-refractivity contribution is 0.0325. The third-order valence-corrected chi connectivity index (χ3v) is 2.10. The number of aliphatic hydroxyl groups excluding tert-OH is 1. The van der Waals surface area contributed by atoms with E-state index in [-0.39, 0.29) is 13.2 Å². The van der Waals surface area contributed by atoms with Crippen LogP contribution in [0.5, 0.6) is 11.5 Å². The topological polar surface area (TPSA) is 47.9 Å². The summed E-state index contributed by atoms with van der Waals surface area (Å²) in [5.74, 6) is 1.54. The van der Waals surface area contributed by atoms with Crippen LogP contribution < -0.4 is 9.47 Å². The van der Waals surface area contributed by atoms with E-state index >= 15 is 0 Å². The zero-order valence-electron chi connectivity index (χ0n) is 10.4. The molecule has 0 fully saturated rings. The molecule has 0 saturated carbocycles. The molecule has 0 heterocycles. The molecule has 0 radical (unpaired) electrons. The molecule has 1 rings (SSSR count). The summed E-state index contributed by atoms with van der Waals surface area (Å²) in [6.45, 7) is 3.28. The third-order valence-electron chi connectivity index (χ3n) is 2.10. The second-order valence-electron chi connectivity index (χ2n) is 3.74. The molecule has 1 unspecified atom stereocenters. The second-order valence-corrected chi connectivity index (χ2v) is 3.74. The van der Waals surface area contributed by atoms with Crippen molar-refractivity contribution in [3.63, 3.8) is 0 Å². The smallest absolute Gasteiger partial charge is 0.119 e. The highest BCUT2D eigenvalue weighted by atomic mass is 16.5. The van der Waals surface area contributed by atoms with Gasteiger partial charge in [-0.05, 0) is 30.7 Å². The van der Waals surface area contributed by atoms with E-state index in [1.165, 1.54) is 0 Å². The van der Waals surface area contributed by atoms with E-state index in [9.17, 15) is 5.11 Å². The average Bonchev–Trinajstić information content (AvgIpc) is 2.35. The van der Waals surface area contributed by atoms with Crippen LogP contribution in [0.4, 0.5) is 0 Å². The molecular weight excluding hydrogens is 220 g/mol. The standard InChI is InChI=1S/C13H20O4/c1-3-8-16-12-4-6-13(7-5-12)17-10-11(14)9-15-2/h4-7,11,14H,3,8-10H2,1-2H3. The van der Waals surface area contributed by atoms with E-state index in [2.05, 4.69) is 6.92 Å². The molecule has 1 aromatic rings. The number of hydrogen-bond donors (Lipinski definition) is 1. The second kappa shape index (κ2) is 7.92. The number of rotatable bonds is 8. The van der Waals surface area contributed by atoms with Gasteiger partial charge in [-0.1, -0.05) is 6.92 Å². The number of aliphatic hydroxyl groups is 1. The minimum Gasteiger partial charge on any atom is -0.494 e. The Morgan fingerprint density at radius 1 is 1.06 bits per heavy atom. The van der Waals surface area contributed by atoms with Gasteiger partial charge in [0.1, 0.15) is 24.2 Å². The largest absolute Gasteiger partial charge is 0.494 e. The zero-order valence-corrected chi connectivity index (χ0v) is 10.4. The van der Waals surface area contributed by atoms with E-state index in [0.29, 0.717) is 12.4 Å². The summed E-state index contributed by atoms with van der Waals surface area (Å²) in [6.07, 6.45) is 0.387. The molecular formula is C13H20O4. The zero-order chi connectivity index (χ0) is 12.5. The lowest BCUT2D eigenvalue weighted by Gasteiger charge is -2.11. The van der Waals surface area contributed by atoms with Crippen LogP contribution in [-0.2, 0) is 4.74 Å². The summed E-state index contributed by atoms with van der Waals surface area (Å²) in [5, 5.41) is 9.41. The lowest BCUT2D eigenvalue weighted by Crippen LogP contribution is -2.22. The quantitative estimate of drug-likeness (QED) is 0.753. The van der Waals surface area contributed by atoms with Crippen LogP contribution in [-0.4, -0.2) is 38.1 Å². The molecule has 17 heavy (non-hydrogen) atoms. The Morgan fingerprint density at radius 2 is 1.65 bits per heavy atom. The first-order chi connectivity index (χ1) is 8.26. The van der Waals surface area contributed by atoms with Gasteiger partial charge in [0, 0.05) is 7.11 Å². The monoisotopic (exact) mass is 240 g/mol. The Morgan fingerprint density at radius 3 is 2.18 bits per heavy atom. The predicted molar refractivity (Wildman–Crippen MR) is 65.6 cm³/mol. The highest BCUT2D eigenvalue weighted by Gasteiger charge is 2.04. The van der Waals surface area contributed by atoms with Gasteiger partial charge in [0.25, 0.3) is 0 Å². The third kappa shape index (κ3) is 5.56. The maximum Gasteiger partial charge on any atom is 0.119 e. The Labute approximate surface area is 102 Å². The minimum absolute atomic E-state index is 0.225. The highest BCUT2D eigenvalue weighted by molar-refractivity contribution is 5.31. The first-order valence-electron chi connectivity index (χ1n) is 5.79. The minimum atomic E-state index is -0.601. The predicted octanol–water partition coefficient (Wildman–Crippen LogP) is 1.86. The van der Waals surface area contributed by atoms with Crippen molar-refractivity contribution >= 4 is 0 Å². The van der Waals surface area contributed by atoms with Crippen molar-refractivity contribution in [2.75, 3.05) is 26.9 Å². The van der Waals surface area contributed by atoms with E-state index in [1.807, 2.05) is 24.3 Å². The van der Waals surface area contributed by atoms with Crippen LogP contribution in [0, 0.1) is 0 Å². The van der Waals surface area contributed by atoms with Crippen molar-refractivity contribution in [2.45, 2.75) is 19.4 Å². The number of methoxy groups -OCH3 is 1. The van der Waals surface area contributed by atoms with Gasteiger partial charge in [0.2, 0.25) is 0 Å². The van der Waals surface area contributed by atoms with Crippen molar-refractivity contribution in [1.82, 2.24) is 0 Å². The van der Waals surface area contributed by atoms with Gasteiger partial charge in [0.05, 0.1) is 13.2 Å². The van der Waals surface area contributed by atoms with Gasteiger partial charge in [-0.3, -0.25) is 0 Å². The van der Waals surface area contributed by atoms with E-state index < -0.39 is 6.10 Å². The molecule has 0 amide bonds. The normalized spacial score (nSPS) is 12.2. The van der Waals surface area contributed by atoms with Gasteiger partial charge in [-0.15, -0.1) is 0 Å². The summed E-state index contributed by atoms with van der Waals surface area (Å²) in [4.78, 5) is 0. The molecule has 0 spiro atoms.